The predicted octanol–water partition coefficient (Wildman–Crippen LogP) is 2.63. The van der Waals surface area contributed by atoms with E-state index >= 15 is 0 Å². The number of ketones is 2. The van der Waals surface area contributed by atoms with Crippen molar-refractivity contribution in [1.82, 2.24) is 4.90 Å². The van der Waals surface area contributed by atoms with Gasteiger partial charge in [-0.15, -0.1) is 0 Å². The van der Waals surface area contributed by atoms with E-state index in [1.807, 2.05) is 20.8 Å². The van der Waals surface area contributed by atoms with Crippen LogP contribution in [0.3, 0.4) is 0 Å². The minimum Gasteiger partial charge on any atom is -0.510 e. The fourth-order valence-corrected chi connectivity index (χ4v) is 6.30. The summed E-state index contributed by atoms with van der Waals surface area (Å²) >= 11 is 6.32. The molecule has 0 saturated heterocycles. The quantitative estimate of drug-likeness (QED) is 0.372. The number of nitrogens with two attached hydrogens (primary N) is 1. The molecule has 9 nitrogen and oxygen atoms in total. The summed E-state index contributed by atoms with van der Waals surface area (Å²) in [5.74, 6) is -6.86. The fraction of sp³-hybridized carbons (Fsp3) is 0.444. The first-order chi connectivity index (χ1) is 17.0. The van der Waals surface area contributed by atoms with Crippen LogP contribution in [0.25, 0.3) is 5.03 Å². The predicted molar refractivity (Wildman–Crippen MR) is 137 cm³/mol. The van der Waals surface area contributed by atoms with Gasteiger partial charge in [-0.1, -0.05) is 39.0 Å². The lowest BCUT2D eigenvalue weighted by Gasteiger charge is -2.50. The van der Waals surface area contributed by atoms with Gasteiger partial charge in [0.05, 0.1) is 11.6 Å². The third kappa shape index (κ3) is 3.63. The number of Topliss-reactive ketones (excluding diaryl/α,β-unsaturated/α-hetero) is 2. The van der Waals surface area contributed by atoms with Gasteiger partial charge in [-0.3, -0.25) is 19.3 Å². The van der Waals surface area contributed by atoms with Crippen LogP contribution in [0.2, 0.25) is 0 Å². The van der Waals surface area contributed by atoms with E-state index in [2.05, 4.69) is 6.58 Å². The Balaban J connectivity index is 2.02. The molecule has 0 spiro atoms. The first-order valence-corrected chi connectivity index (χ1v) is 12.2. The van der Waals surface area contributed by atoms with Crippen molar-refractivity contribution < 1.29 is 34.8 Å². The van der Waals surface area contributed by atoms with E-state index in [1.165, 1.54) is 4.90 Å². The highest BCUT2D eigenvalue weighted by Gasteiger charge is 2.63. The average Bonchev–Trinajstić information content (AvgIpc) is 2.74. The van der Waals surface area contributed by atoms with Crippen molar-refractivity contribution in [3.63, 3.8) is 0 Å². The number of aliphatic hydroxyl groups is 3. The molecule has 0 saturated carbocycles. The molecule has 0 radical (unpaired) electrons. The molecular weight excluding hydrogens is 500 g/mol. The second kappa shape index (κ2) is 8.44. The Morgan fingerprint density at radius 3 is 2.30 bits per heavy atom. The third-order valence-electron chi connectivity index (χ3n) is 7.82. The van der Waals surface area contributed by atoms with Crippen LogP contribution in [0, 0.1) is 11.8 Å². The number of aromatic hydroxyl groups is 1. The Kier molecular flexibility index (Phi) is 6.14. The van der Waals surface area contributed by atoms with E-state index in [-0.39, 0.29) is 34.8 Å². The highest BCUT2D eigenvalue weighted by atomic mass is 35.5. The van der Waals surface area contributed by atoms with E-state index in [9.17, 15) is 34.8 Å². The maximum atomic E-state index is 13.9. The van der Waals surface area contributed by atoms with Gasteiger partial charge in [-0.05, 0) is 55.5 Å². The molecule has 1 aromatic rings. The lowest BCUT2D eigenvalue weighted by molar-refractivity contribution is -0.148. The largest absolute Gasteiger partial charge is 0.510 e. The van der Waals surface area contributed by atoms with Crippen molar-refractivity contribution in [3.05, 3.63) is 57.6 Å². The van der Waals surface area contributed by atoms with Gasteiger partial charge in [0.15, 0.2) is 11.4 Å². The molecule has 37 heavy (non-hydrogen) atoms. The Morgan fingerprint density at radius 2 is 1.81 bits per heavy atom. The molecule has 0 heterocycles. The van der Waals surface area contributed by atoms with Crippen LogP contribution in [-0.2, 0) is 21.4 Å². The SMILES string of the molecule is C=C(Cl)c1cc(C(C)(C)C)c(O)c2c1C[C@H]1C[C@H]3[C@@H](N(C)C)C(O)=C(C(N)=O)C(=O)[C@@]3(O)C(O)=C1C2=O. The Morgan fingerprint density at radius 1 is 1.22 bits per heavy atom. The summed E-state index contributed by atoms with van der Waals surface area (Å²) in [6.07, 6.45) is 0.148. The lowest BCUT2D eigenvalue weighted by Crippen LogP contribution is -2.63. The minimum atomic E-state index is -2.68. The summed E-state index contributed by atoms with van der Waals surface area (Å²) in [6, 6.07) is 0.648. The maximum Gasteiger partial charge on any atom is 0.255 e. The van der Waals surface area contributed by atoms with Gasteiger partial charge < -0.3 is 26.2 Å². The summed E-state index contributed by atoms with van der Waals surface area (Å²) in [5.41, 5.74) is 2.33. The zero-order valence-electron chi connectivity index (χ0n) is 21.3. The summed E-state index contributed by atoms with van der Waals surface area (Å²) in [7, 11) is 3.16. The topological polar surface area (TPSA) is 161 Å². The van der Waals surface area contributed by atoms with E-state index in [4.69, 9.17) is 17.3 Å². The first-order valence-electron chi connectivity index (χ1n) is 11.8. The van der Waals surface area contributed by atoms with E-state index in [0.29, 0.717) is 16.7 Å². The normalized spacial score (nSPS) is 27.7. The van der Waals surface area contributed by atoms with Crippen LogP contribution in [0.4, 0.5) is 0 Å². The number of carbonyl (C=O) groups is 3. The van der Waals surface area contributed by atoms with Gasteiger partial charge in [-0.2, -0.15) is 0 Å². The number of nitrogens with zero attached hydrogens (tertiary/aromatic N) is 1. The number of rotatable bonds is 3. The summed E-state index contributed by atoms with van der Waals surface area (Å²) in [6.45, 7) is 9.37. The number of fused-ring (bicyclic) bond motifs is 3. The van der Waals surface area contributed by atoms with Crippen molar-refractivity contribution in [2.24, 2.45) is 17.6 Å². The number of aliphatic hydroxyl groups excluding tert-OH is 2. The molecule has 4 atom stereocenters. The Hall–Kier alpha value is -3.14. The molecular formula is C27H31ClN2O7. The van der Waals surface area contributed by atoms with Crippen molar-refractivity contribution in [2.45, 2.75) is 50.7 Å². The minimum absolute atomic E-state index is 0.00173. The molecule has 3 aliphatic rings. The van der Waals surface area contributed by atoms with Crippen molar-refractivity contribution in [2.75, 3.05) is 14.1 Å². The number of benzene rings is 1. The van der Waals surface area contributed by atoms with Crippen molar-refractivity contribution in [3.8, 4) is 5.75 Å². The fourth-order valence-electron chi connectivity index (χ4n) is 6.13. The summed E-state index contributed by atoms with van der Waals surface area (Å²) in [5, 5.41) is 45.3. The van der Waals surface area contributed by atoms with Gasteiger partial charge in [0.1, 0.15) is 22.8 Å². The van der Waals surface area contributed by atoms with Crippen LogP contribution in [0.1, 0.15) is 54.2 Å². The number of hydrogen-bond acceptors (Lipinski definition) is 8. The van der Waals surface area contributed by atoms with Crippen LogP contribution in [0.5, 0.6) is 5.75 Å². The number of phenolic OH excluding ortho intramolecular Hbond substituents is 1. The number of likely N-dealkylation sites (N-methyl/N-ethyl adjacent to an activating group) is 1. The van der Waals surface area contributed by atoms with E-state index in [0.717, 1.165) is 0 Å². The number of hydrogen-bond donors (Lipinski definition) is 5. The molecule has 10 heteroatoms. The van der Waals surface area contributed by atoms with Gasteiger partial charge in [0.25, 0.3) is 5.91 Å². The molecule has 0 fully saturated rings. The first kappa shape index (κ1) is 26.9. The number of allylic oxidation sites excluding steroid dienone is 1. The highest BCUT2D eigenvalue weighted by molar-refractivity contribution is 6.48. The van der Waals surface area contributed by atoms with E-state index in [1.54, 1.807) is 20.2 Å². The number of phenols is 1. The van der Waals surface area contributed by atoms with Crippen molar-refractivity contribution >= 4 is 34.1 Å². The zero-order valence-corrected chi connectivity index (χ0v) is 22.1. The molecule has 0 aromatic heterocycles. The van der Waals surface area contributed by atoms with Gasteiger partial charge in [0.2, 0.25) is 5.78 Å². The number of primary amides is 1. The highest BCUT2D eigenvalue weighted by Crippen LogP contribution is 2.53. The maximum absolute atomic E-state index is 13.9. The number of carbonyl (C=O) groups excluding carboxylic acids is 3. The van der Waals surface area contributed by atoms with Crippen LogP contribution in [-0.4, -0.2) is 68.5 Å². The van der Waals surface area contributed by atoms with Crippen molar-refractivity contribution in [1.29, 1.82) is 0 Å². The average molecular weight is 531 g/mol. The van der Waals surface area contributed by atoms with Crippen LogP contribution < -0.4 is 5.73 Å². The smallest absolute Gasteiger partial charge is 0.255 e. The molecule has 1 aromatic carbocycles. The monoisotopic (exact) mass is 530 g/mol. The van der Waals surface area contributed by atoms with Gasteiger partial charge in [-0.25, -0.2) is 0 Å². The van der Waals surface area contributed by atoms with Crippen LogP contribution >= 0.6 is 11.6 Å². The molecule has 0 unspecified atom stereocenters. The molecule has 0 aliphatic heterocycles. The Labute approximate surface area is 219 Å². The number of amides is 1. The summed E-state index contributed by atoms with van der Waals surface area (Å²) in [4.78, 5) is 40.9. The molecule has 198 valence electrons. The zero-order chi connectivity index (χ0) is 27.9. The van der Waals surface area contributed by atoms with E-state index < -0.39 is 63.5 Å². The van der Waals surface area contributed by atoms with Gasteiger partial charge >= 0.3 is 0 Å². The molecule has 4 rings (SSSR count). The standard InChI is InChI=1S/C27H31ClN2O7/c1-10(28)12-9-15(26(2,3)4)20(31)17-13(12)7-11-8-14-19(30(5)6)22(33)18(25(29)36)24(35)27(14,37)23(34)16(11)21(17)32/h9,11,14,19,31,33-34,37H,1,7-8H2,2-6H3,(H2,29,36)/t11-,14-,19+,27-/m0/s1. The second-order valence-electron chi connectivity index (χ2n) is 11.3. The Bertz CT molecular complexity index is 1350. The molecule has 0 bridgehead atoms. The number of halogens is 1. The summed E-state index contributed by atoms with van der Waals surface area (Å²) < 4.78 is 0. The molecule has 3 aliphatic carbocycles. The van der Waals surface area contributed by atoms with Gasteiger partial charge in [0, 0.05) is 22.1 Å². The molecule has 1 amide bonds. The lowest BCUT2D eigenvalue weighted by atomic mass is 9.58. The second-order valence-corrected chi connectivity index (χ2v) is 11.7. The molecule has 6 N–H and O–H groups in total. The van der Waals surface area contributed by atoms with Crippen LogP contribution in [0.15, 0.2) is 35.3 Å². The third-order valence-corrected chi connectivity index (χ3v) is 8.03.